The van der Waals surface area contributed by atoms with Crippen LogP contribution in [0.1, 0.15) is 20.8 Å². The van der Waals surface area contributed by atoms with Crippen molar-refractivity contribution in [2.24, 2.45) is 5.92 Å². The van der Waals surface area contributed by atoms with Gasteiger partial charge in [-0.05, 0) is 5.92 Å². The first kappa shape index (κ1) is 15.8. The molecule has 0 aromatic carbocycles. The minimum atomic E-state index is 0. The van der Waals surface area contributed by atoms with Gasteiger partial charge in [0.15, 0.2) is 0 Å². The Morgan fingerprint density at radius 3 is 0.833 bits per heavy atom. The molecule has 0 N–H and O–H groups in total. The lowest BCUT2D eigenvalue weighted by Gasteiger charge is -1.79. The largest absolute Gasteiger partial charge is 0.114 e. The summed E-state index contributed by atoms with van der Waals surface area (Å²) in [6.07, 6.45) is 0. The first-order chi connectivity index (χ1) is 1.73. The molecule has 0 saturated heterocycles. The summed E-state index contributed by atoms with van der Waals surface area (Å²) in [5.41, 5.74) is 0. The molecule has 0 fully saturated rings. The van der Waals surface area contributed by atoms with Crippen molar-refractivity contribution in [1.29, 1.82) is 0 Å². The summed E-state index contributed by atoms with van der Waals surface area (Å²) in [7, 11) is 0. The number of rotatable bonds is 0. The summed E-state index contributed by atoms with van der Waals surface area (Å²) < 4.78 is 0. The van der Waals surface area contributed by atoms with Crippen molar-refractivity contribution in [3.05, 3.63) is 0 Å². The van der Waals surface area contributed by atoms with E-state index in [2.05, 4.69) is 20.8 Å². The normalized spacial score (nSPS) is 6.00. The van der Waals surface area contributed by atoms with E-state index in [1.165, 1.54) is 0 Å². The van der Waals surface area contributed by atoms with Crippen LogP contribution >= 0.6 is 34.0 Å². The third-order valence-corrected chi connectivity index (χ3v) is 0. The van der Waals surface area contributed by atoms with Crippen molar-refractivity contribution in [1.82, 2.24) is 0 Å². The molecule has 0 saturated carbocycles. The predicted molar refractivity (Wildman–Crippen MR) is 41.2 cm³/mol. The van der Waals surface area contributed by atoms with Crippen LogP contribution in [0, 0.1) is 5.92 Å². The second kappa shape index (κ2) is 9.35. The first-order valence-corrected chi connectivity index (χ1v) is 1.73. The van der Waals surface area contributed by atoms with Gasteiger partial charge in [0.2, 0.25) is 0 Å². The Morgan fingerprint density at radius 1 is 0.833 bits per heavy atom. The Balaban J connectivity index is -0.0000000450. The molecular formula is C4H12Br2. The standard InChI is InChI=1S/C4H10.2BrH/c1-4(2)3;;/h4H,1-3H3;2*1H. The van der Waals surface area contributed by atoms with E-state index < -0.39 is 0 Å². The van der Waals surface area contributed by atoms with Crippen LogP contribution in [0.4, 0.5) is 0 Å². The van der Waals surface area contributed by atoms with Gasteiger partial charge in [0, 0.05) is 0 Å². The van der Waals surface area contributed by atoms with Gasteiger partial charge in [0.05, 0.1) is 0 Å². The summed E-state index contributed by atoms with van der Waals surface area (Å²) in [5, 5.41) is 0. The molecule has 0 aliphatic rings. The predicted octanol–water partition coefficient (Wildman–Crippen LogP) is 2.82. The highest BCUT2D eigenvalue weighted by Crippen LogP contribution is 1.81. The zero-order valence-electron chi connectivity index (χ0n) is 4.39. The van der Waals surface area contributed by atoms with E-state index in [0.717, 1.165) is 5.92 Å². The highest BCUT2D eigenvalue weighted by Gasteiger charge is 1.68. The van der Waals surface area contributed by atoms with Crippen LogP contribution in [0.2, 0.25) is 0 Å². The van der Waals surface area contributed by atoms with Gasteiger partial charge in [-0.15, -0.1) is 34.0 Å². The maximum Gasteiger partial charge on any atom is -0.0500 e. The van der Waals surface area contributed by atoms with Crippen molar-refractivity contribution in [2.45, 2.75) is 20.8 Å². The minimum Gasteiger partial charge on any atom is -0.114 e. The van der Waals surface area contributed by atoms with Crippen LogP contribution in [0.25, 0.3) is 0 Å². The highest BCUT2D eigenvalue weighted by atomic mass is 79.9. The molecule has 0 aliphatic carbocycles. The SMILES string of the molecule is Br.Br.CC(C)C. The molecule has 0 bridgehead atoms. The van der Waals surface area contributed by atoms with Crippen LogP contribution in [0.15, 0.2) is 0 Å². The van der Waals surface area contributed by atoms with Crippen molar-refractivity contribution in [2.75, 3.05) is 0 Å². The maximum atomic E-state index is 2.17. The maximum absolute atomic E-state index is 2.17. The van der Waals surface area contributed by atoms with Crippen LogP contribution in [0.3, 0.4) is 0 Å². The van der Waals surface area contributed by atoms with E-state index in [4.69, 9.17) is 0 Å². The van der Waals surface area contributed by atoms with E-state index in [1.54, 1.807) is 0 Å². The third kappa shape index (κ3) is 84.4. The smallest absolute Gasteiger partial charge is 0.0500 e. The first-order valence-electron chi connectivity index (χ1n) is 1.73. The van der Waals surface area contributed by atoms with Crippen molar-refractivity contribution >= 4 is 34.0 Å². The molecule has 0 spiro atoms. The third-order valence-electron chi connectivity index (χ3n) is 0. The summed E-state index contributed by atoms with van der Waals surface area (Å²) >= 11 is 0. The zero-order chi connectivity index (χ0) is 3.58. The highest BCUT2D eigenvalue weighted by molar-refractivity contribution is 8.93. The lowest BCUT2D eigenvalue weighted by Crippen LogP contribution is -1.66. The Morgan fingerprint density at radius 2 is 0.833 bits per heavy atom. The van der Waals surface area contributed by atoms with Crippen LogP contribution in [-0.2, 0) is 0 Å². The van der Waals surface area contributed by atoms with Gasteiger partial charge in [-0.25, -0.2) is 0 Å². The van der Waals surface area contributed by atoms with Gasteiger partial charge in [-0.3, -0.25) is 0 Å². The fourth-order valence-corrected chi connectivity index (χ4v) is 0. The monoisotopic (exact) mass is 218 g/mol. The molecule has 0 heterocycles. The van der Waals surface area contributed by atoms with E-state index in [1.807, 2.05) is 0 Å². The number of halogens is 2. The molecule has 0 nitrogen and oxygen atoms in total. The Labute approximate surface area is 60.9 Å². The minimum absolute atomic E-state index is 0. The van der Waals surface area contributed by atoms with Gasteiger partial charge in [-0.1, -0.05) is 20.8 Å². The van der Waals surface area contributed by atoms with Crippen molar-refractivity contribution < 1.29 is 0 Å². The van der Waals surface area contributed by atoms with Gasteiger partial charge in [0.25, 0.3) is 0 Å². The molecule has 0 unspecified atom stereocenters. The Kier molecular flexibility index (Phi) is 24.6. The molecule has 0 aromatic rings. The lowest BCUT2D eigenvalue weighted by atomic mass is 10.3. The Hall–Kier alpha value is 0.960. The molecule has 0 amide bonds. The van der Waals surface area contributed by atoms with E-state index >= 15 is 0 Å². The fraction of sp³-hybridized carbons (Fsp3) is 1.00. The quantitative estimate of drug-likeness (QED) is 0.588. The summed E-state index contributed by atoms with van der Waals surface area (Å²) in [5.74, 6) is 0.833. The molecule has 0 aliphatic heterocycles. The molecule has 42 valence electrons. The average molecular weight is 220 g/mol. The van der Waals surface area contributed by atoms with Crippen molar-refractivity contribution in [3.8, 4) is 0 Å². The second-order valence-corrected chi connectivity index (χ2v) is 1.73. The molecule has 2 heteroatoms. The summed E-state index contributed by atoms with van der Waals surface area (Å²) in [6.45, 7) is 6.50. The van der Waals surface area contributed by atoms with Gasteiger partial charge in [0.1, 0.15) is 0 Å². The van der Waals surface area contributed by atoms with E-state index in [-0.39, 0.29) is 34.0 Å². The molecule has 0 atom stereocenters. The average Bonchev–Trinajstić information content (AvgIpc) is 0.811. The van der Waals surface area contributed by atoms with Gasteiger partial charge < -0.3 is 0 Å². The summed E-state index contributed by atoms with van der Waals surface area (Å²) in [4.78, 5) is 0. The van der Waals surface area contributed by atoms with Crippen LogP contribution < -0.4 is 0 Å². The van der Waals surface area contributed by atoms with Gasteiger partial charge in [-0.2, -0.15) is 0 Å². The number of hydrogen-bond acceptors (Lipinski definition) is 0. The second-order valence-electron chi connectivity index (χ2n) is 1.73. The summed E-state index contributed by atoms with van der Waals surface area (Å²) in [6, 6.07) is 0. The Bertz CT molecular complexity index is 10.3. The number of hydrogen-bond donors (Lipinski definition) is 0. The van der Waals surface area contributed by atoms with E-state index in [9.17, 15) is 0 Å². The molecule has 6 heavy (non-hydrogen) atoms. The fourth-order valence-electron chi connectivity index (χ4n) is 0. The van der Waals surface area contributed by atoms with Crippen molar-refractivity contribution in [3.63, 3.8) is 0 Å². The topological polar surface area (TPSA) is 0 Å². The molecule has 0 aromatic heterocycles. The molecule has 0 rings (SSSR count). The van der Waals surface area contributed by atoms with E-state index in [0.29, 0.717) is 0 Å². The molecular weight excluding hydrogens is 208 g/mol. The van der Waals surface area contributed by atoms with Crippen LogP contribution in [-0.4, -0.2) is 0 Å². The van der Waals surface area contributed by atoms with Gasteiger partial charge >= 0.3 is 0 Å². The van der Waals surface area contributed by atoms with Crippen LogP contribution in [0.5, 0.6) is 0 Å². The zero-order valence-corrected chi connectivity index (χ0v) is 7.82. The molecule has 0 radical (unpaired) electrons. The lowest BCUT2D eigenvalue weighted by molar-refractivity contribution is 0.737.